The summed E-state index contributed by atoms with van der Waals surface area (Å²) in [5, 5.41) is 3.71. The number of amides is 1. The molecular weight excluding hydrogens is 488 g/mol. The van der Waals surface area contributed by atoms with Crippen molar-refractivity contribution in [3.05, 3.63) is 65.5 Å². The fraction of sp³-hybridized carbons (Fsp3) is 0.452. The number of carbonyl (C=O) groups excluding carboxylic acids is 1. The van der Waals surface area contributed by atoms with Gasteiger partial charge in [0.2, 0.25) is 5.91 Å². The highest BCUT2D eigenvalue weighted by Crippen LogP contribution is 2.30. The van der Waals surface area contributed by atoms with Crippen LogP contribution in [0.25, 0.3) is 22.7 Å². The molecule has 2 fully saturated rings. The van der Waals surface area contributed by atoms with Gasteiger partial charge in [-0.1, -0.05) is 12.1 Å². The molecule has 0 atom stereocenters. The molecule has 1 aromatic carbocycles. The molecule has 4 heterocycles. The van der Waals surface area contributed by atoms with Crippen LogP contribution < -0.4 is 5.32 Å². The Morgan fingerprint density at radius 2 is 1.74 bits per heavy atom. The summed E-state index contributed by atoms with van der Waals surface area (Å²) in [4.78, 5) is 27.1. The molecule has 1 amide bonds. The van der Waals surface area contributed by atoms with Crippen molar-refractivity contribution in [1.29, 1.82) is 0 Å². The number of hydrogen-bond acceptors (Lipinski definition) is 6. The summed E-state index contributed by atoms with van der Waals surface area (Å²) in [6.45, 7) is 8.46. The number of benzene rings is 1. The molecule has 1 aliphatic heterocycles. The monoisotopic (exact) mass is 526 g/mol. The van der Waals surface area contributed by atoms with Crippen LogP contribution in [-0.4, -0.2) is 69.5 Å². The summed E-state index contributed by atoms with van der Waals surface area (Å²) in [7, 11) is 2.13. The Morgan fingerprint density at radius 1 is 1.00 bits per heavy atom. The molecule has 8 nitrogen and oxygen atoms in total. The molecule has 1 aliphatic carbocycles. The van der Waals surface area contributed by atoms with Crippen LogP contribution in [0.3, 0.4) is 0 Å². The van der Waals surface area contributed by atoms with Crippen LogP contribution in [0.5, 0.6) is 0 Å². The Labute approximate surface area is 230 Å². The Hall–Kier alpha value is -3.65. The van der Waals surface area contributed by atoms with E-state index in [-0.39, 0.29) is 5.92 Å². The Bertz CT molecular complexity index is 1430. The SMILES string of the molecule is Cc1cc(C)c2nc(-c3ccco3)n(Cc3ccc(N[C@H]4CC[C@H](C(=O)N5CCN(C)CC5)CC4)cc3)c2n1. The van der Waals surface area contributed by atoms with Crippen LogP contribution in [0, 0.1) is 19.8 Å². The standard InChI is InChI=1S/C31H38N6O2/c1-21-19-22(2)32-30-28(21)34-29(27-5-4-18-39-27)37(30)20-23-6-10-25(11-7-23)33-26-12-8-24(9-13-26)31(38)36-16-14-35(3)15-17-36/h4-7,10-11,18-19,24,26,33H,8-9,12-17,20H2,1-3H3/t24-,26-. The first-order chi connectivity index (χ1) is 18.9. The largest absolute Gasteiger partial charge is 0.461 e. The number of piperazine rings is 1. The number of fused-ring (bicyclic) bond motifs is 1. The third kappa shape index (κ3) is 5.43. The van der Waals surface area contributed by atoms with E-state index in [1.54, 1.807) is 6.26 Å². The number of hydrogen-bond donors (Lipinski definition) is 1. The molecule has 0 spiro atoms. The highest BCUT2D eigenvalue weighted by Gasteiger charge is 2.30. The molecule has 39 heavy (non-hydrogen) atoms. The van der Waals surface area contributed by atoms with E-state index in [0.29, 0.717) is 18.5 Å². The van der Waals surface area contributed by atoms with E-state index in [9.17, 15) is 4.79 Å². The lowest BCUT2D eigenvalue weighted by atomic mass is 9.85. The van der Waals surface area contributed by atoms with Gasteiger partial charge in [0, 0.05) is 49.5 Å². The molecule has 0 unspecified atom stereocenters. The van der Waals surface area contributed by atoms with Crippen LogP contribution >= 0.6 is 0 Å². The van der Waals surface area contributed by atoms with Crippen molar-refractivity contribution in [2.75, 3.05) is 38.5 Å². The first-order valence-corrected chi connectivity index (χ1v) is 14.2. The van der Waals surface area contributed by atoms with Crippen molar-refractivity contribution in [1.82, 2.24) is 24.3 Å². The first-order valence-electron chi connectivity index (χ1n) is 14.2. The van der Waals surface area contributed by atoms with Gasteiger partial charge in [-0.25, -0.2) is 9.97 Å². The molecule has 0 radical (unpaired) electrons. The van der Waals surface area contributed by atoms with Crippen molar-refractivity contribution in [2.45, 2.75) is 52.1 Å². The summed E-state index contributed by atoms with van der Waals surface area (Å²) >= 11 is 0. The number of carbonyl (C=O) groups is 1. The maximum absolute atomic E-state index is 13.0. The molecule has 1 N–H and O–H groups in total. The van der Waals surface area contributed by atoms with Crippen LogP contribution in [0.15, 0.2) is 53.1 Å². The predicted molar refractivity (Wildman–Crippen MR) is 154 cm³/mol. The lowest BCUT2D eigenvalue weighted by Gasteiger charge is -2.36. The van der Waals surface area contributed by atoms with E-state index < -0.39 is 0 Å². The number of anilines is 1. The maximum atomic E-state index is 13.0. The molecule has 1 saturated heterocycles. The summed E-state index contributed by atoms with van der Waals surface area (Å²) in [5.41, 5.74) is 6.18. The van der Waals surface area contributed by atoms with Gasteiger partial charge in [0.1, 0.15) is 5.52 Å². The number of aromatic nitrogens is 3. The third-order valence-corrected chi connectivity index (χ3v) is 8.32. The van der Waals surface area contributed by atoms with Crippen molar-refractivity contribution < 1.29 is 9.21 Å². The maximum Gasteiger partial charge on any atom is 0.225 e. The number of furan rings is 1. The van der Waals surface area contributed by atoms with Gasteiger partial charge in [-0.3, -0.25) is 4.79 Å². The molecule has 6 rings (SSSR count). The van der Waals surface area contributed by atoms with Gasteiger partial charge in [-0.2, -0.15) is 0 Å². The fourth-order valence-electron chi connectivity index (χ4n) is 6.04. The van der Waals surface area contributed by atoms with Crippen LogP contribution in [0.1, 0.15) is 42.5 Å². The lowest BCUT2D eigenvalue weighted by Crippen LogP contribution is -2.49. The van der Waals surface area contributed by atoms with E-state index in [4.69, 9.17) is 14.4 Å². The van der Waals surface area contributed by atoms with E-state index in [1.807, 2.05) is 19.1 Å². The average molecular weight is 527 g/mol. The van der Waals surface area contributed by atoms with Gasteiger partial charge in [0.15, 0.2) is 17.2 Å². The van der Waals surface area contributed by atoms with E-state index in [1.165, 1.54) is 5.56 Å². The first kappa shape index (κ1) is 25.6. The smallest absolute Gasteiger partial charge is 0.225 e. The summed E-state index contributed by atoms with van der Waals surface area (Å²) < 4.78 is 7.86. The Kier molecular flexibility index (Phi) is 7.12. The normalized spacial score (nSPS) is 20.4. The van der Waals surface area contributed by atoms with E-state index >= 15 is 0 Å². The summed E-state index contributed by atoms with van der Waals surface area (Å²) in [6.07, 6.45) is 5.68. The lowest BCUT2D eigenvalue weighted by molar-refractivity contribution is -0.138. The molecule has 8 heteroatoms. The number of pyridine rings is 1. The van der Waals surface area contributed by atoms with Gasteiger partial charge in [0.25, 0.3) is 0 Å². The predicted octanol–water partition coefficient (Wildman–Crippen LogP) is 5.10. The summed E-state index contributed by atoms with van der Waals surface area (Å²) in [6, 6.07) is 15.0. The number of nitrogens with zero attached hydrogens (tertiary/aromatic N) is 5. The van der Waals surface area contributed by atoms with Gasteiger partial charge in [-0.15, -0.1) is 0 Å². The molecule has 0 bridgehead atoms. The van der Waals surface area contributed by atoms with Crippen molar-refractivity contribution in [3.8, 4) is 11.6 Å². The van der Waals surface area contributed by atoms with Crippen molar-refractivity contribution in [2.24, 2.45) is 5.92 Å². The average Bonchev–Trinajstić information content (AvgIpc) is 3.59. The highest BCUT2D eigenvalue weighted by atomic mass is 16.3. The zero-order chi connectivity index (χ0) is 26.9. The topological polar surface area (TPSA) is 79.4 Å². The Balaban J connectivity index is 1.10. The second kappa shape index (κ2) is 10.8. The van der Waals surface area contributed by atoms with Crippen LogP contribution in [0.2, 0.25) is 0 Å². The quantitative estimate of drug-likeness (QED) is 0.377. The van der Waals surface area contributed by atoms with Gasteiger partial charge in [0.05, 0.1) is 12.8 Å². The van der Waals surface area contributed by atoms with Gasteiger partial charge >= 0.3 is 0 Å². The minimum atomic E-state index is 0.183. The molecule has 204 valence electrons. The second-order valence-corrected chi connectivity index (χ2v) is 11.3. The minimum absolute atomic E-state index is 0.183. The Morgan fingerprint density at radius 3 is 2.44 bits per heavy atom. The minimum Gasteiger partial charge on any atom is -0.461 e. The molecular formula is C31H38N6O2. The van der Waals surface area contributed by atoms with E-state index in [0.717, 1.165) is 91.6 Å². The number of likely N-dealkylation sites (N-methyl/N-ethyl adjacent to an activating group) is 1. The fourth-order valence-corrected chi connectivity index (χ4v) is 6.04. The van der Waals surface area contributed by atoms with Crippen molar-refractivity contribution >= 4 is 22.8 Å². The zero-order valence-corrected chi connectivity index (χ0v) is 23.2. The zero-order valence-electron chi connectivity index (χ0n) is 23.2. The van der Waals surface area contributed by atoms with Gasteiger partial charge in [-0.05, 0) is 88.0 Å². The number of aryl methyl sites for hydroxylation is 2. The number of rotatable bonds is 6. The van der Waals surface area contributed by atoms with Crippen LogP contribution in [0.4, 0.5) is 5.69 Å². The molecule has 1 saturated carbocycles. The molecule has 4 aromatic rings. The van der Waals surface area contributed by atoms with Gasteiger partial charge < -0.3 is 24.1 Å². The number of nitrogens with one attached hydrogen (secondary N) is 1. The second-order valence-electron chi connectivity index (χ2n) is 11.3. The third-order valence-electron chi connectivity index (χ3n) is 8.32. The molecule has 2 aliphatic rings. The number of imidazole rings is 1. The molecule has 3 aromatic heterocycles. The highest BCUT2D eigenvalue weighted by molar-refractivity contribution is 5.80. The van der Waals surface area contributed by atoms with E-state index in [2.05, 4.69) is 64.0 Å². The summed E-state index contributed by atoms with van der Waals surface area (Å²) in [5.74, 6) is 2.08. The van der Waals surface area contributed by atoms with Crippen LogP contribution in [-0.2, 0) is 11.3 Å². The van der Waals surface area contributed by atoms with Crippen molar-refractivity contribution in [3.63, 3.8) is 0 Å².